The van der Waals surface area contributed by atoms with E-state index in [0.29, 0.717) is 18.7 Å². The Balaban J connectivity index is 1.83. The van der Waals surface area contributed by atoms with Crippen LogP contribution < -0.4 is 5.32 Å². The fourth-order valence-corrected chi connectivity index (χ4v) is 4.90. The Hall–Kier alpha value is -2.41. The third-order valence-corrected chi connectivity index (χ3v) is 6.98. The first-order valence-electron chi connectivity index (χ1n) is 9.22. The second-order valence-corrected chi connectivity index (χ2v) is 9.00. The zero-order valence-corrected chi connectivity index (χ0v) is 16.3. The monoisotopic (exact) mass is 387 g/mol. The second kappa shape index (κ2) is 8.52. The van der Waals surface area contributed by atoms with Gasteiger partial charge in [0.15, 0.2) is 9.84 Å². The summed E-state index contributed by atoms with van der Waals surface area (Å²) in [5, 5.41) is 1.93. The van der Waals surface area contributed by atoms with Gasteiger partial charge in [-0.05, 0) is 49.9 Å². The molecule has 27 heavy (non-hydrogen) atoms. The number of rotatable bonds is 5. The molecule has 144 valence electrons. The number of carbonyl (C=O) groups is 1. The summed E-state index contributed by atoms with van der Waals surface area (Å²) in [6.07, 6.45) is 6.25. The molecule has 1 atom stereocenters. The predicted molar refractivity (Wildman–Crippen MR) is 104 cm³/mol. The van der Waals surface area contributed by atoms with Gasteiger partial charge in [0.25, 0.3) is 0 Å². The molecule has 7 heteroatoms. The molecule has 1 aromatic carbocycles. The van der Waals surface area contributed by atoms with Crippen LogP contribution in [-0.4, -0.2) is 44.0 Å². The number of piperidine rings is 1. The van der Waals surface area contributed by atoms with Crippen molar-refractivity contribution >= 4 is 15.9 Å². The van der Waals surface area contributed by atoms with Crippen LogP contribution in [0.15, 0.2) is 53.7 Å². The van der Waals surface area contributed by atoms with Gasteiger partial charge in [-0.2, -0.15) is 0 Å². The minimum absolute atomic E-state index is 0.0111. The lowest BCUT2D eigenvalue weighted by molar-refractivity contribution is 0.186. The van der Waals surface area contributed by atoms with Crippen molar-refractivity contribution in [3.63, 3.8) is 0 Å². The van der Waals surface area contributed by atoms with Gasteiger partial charge in [-0.3, -0.25) is 4.98 Å². The molecule has 0 bridgehead atoms. The van der Waals surface area contributed by atoms with Crippen molar-refractivity contribution in [2.75, 3.05) is 19.6 Å². The molecule has 1 aliphatic heterocycles. The van der Waals surface area contributed by atoms with Gasteiger partial charge in [0.2, 0.25) is 0 Å². The Morgan fingerprint density at radius 1 is 1.15 bits per heavy atom. The molecule has 0 saturated carbocycles. The maximum absolute atomic E-state index is 13.2. The number of aryl methyl sites for hydroxylation is 1. The number of nitrogens with one attached hydrogen (secondary N) is 1. The number of carbonyl (C=O) groups excluding carboxylic acids is 1. The fraction of sp³-hybridized carbons (Fsp3) is 0.400. The smallest absolute Gasteiger partial charge is 0.317 e. The first kappa shape index (κ1) is 19.4. The van der Waals surface area contributed by atoms with Gasteiger partial charge in [0.1, 0.15) is 5.25 Å². The van der Waals surface area contributed by atoms with Crippen LogP contribution in [0, 0.1) is 6.92 Å². The van der Waals surface area contributed by atoms with Crippen LogP contribution in [0.5, 0.6) is 0 Å². The summed E-state index contributed by atoms with van der Waals surface area (Å²) >= 11 is 0. The summed E-state index contributed by atoms with van der Waals surface area (Å²) in [6.45, 7) is 3.35. The Labute approximate surface area is 160 Å². The molecule has 0 radical (unpaired) electrons. The summed E-state index contributed by atoms with van der Waals surface area (Å²) in [4.78, 5) is 18.5. The van der Waals surface area contributed by atoms with Gasteiger partial charge >= 0.3 is 6.03 Å². The summed E-state index contributed by atoms with van der Waals surface area (Å²) in [5.74, 6) is 0. The fourth-order valence-electron chi connectivity index (χ4n) is 3.25. The van der Waals surface area contributed by atoms with Gasteiger partial charge < -0.3 is 10.2 Å². The quantitative estimate of drug-likeness (QED) is 0.855. The Morgan fingerprint density at radius 2 is 1.85 bits per heavy atom. The van der Waals surface area contributed by atoms with E-state index in [1.54, 1.807) is 53.7 Å². The van der Waals surface area contributed by atoms with E-state index in [0.717, 1.165) is 24.8 Å². The third kappa shape index (κ3) is 4.66. The molecule has 1 fully saturated rings. The van der Waals surface area contributed by atoms with Gasteiger partial charge in [-0.1, -0.05) is 23.8 Å². The molecule has 1 aromatic heterocycles. The molecule has 6 nitrogen and oxygen atoms in total. The van der Waals surface area contributed by atoms with E-state index in [-0.39, 0.29) is 17.5 Å². The number of pyridine rings is 1. The number of hydrogen-bond acceptors (Lipinski definition) is 4. The van der Waals surface area contributed by atoms with Crippen LogP contribution in [0.4, 0.5) is 4.79 Å². The topological polar surface area (TPSA) is 79.4 Å². The Bertz CT molecular complexity index is 861. The summed E-state index contributed by atoms with van der Waals surface area (Å²) in [6, 6.07) is 10.0. The lowest BCUT2D eigenvalue weighted by atomic mass is 10.1. The zero-order chi connectivity index (χ0) is 19.3. The summed E-state index contributed by atoms with van der Waals surface area (Å²) in [5.41, 5.74) is 1.56. The molecule has 1 aliphatic rings. The molecular formula is C20H25N3O3S. The highest BCUT2D eigenvalue weighted by Gasteiger charge is 2.30. The average molecular weight is 388 g/mol. The third-order valence-electron chi connectivity index (χ3n) is 4.86. The first-order chi connectivity index (χ1) is 13.0. The maximum atomic E-state index is 13.2. The number of aromatic nitrogens is 1. The van der Waals surface area contributed by atoms with E-state index < -0.39 is 15.1 Å². The number of sulfone groups is 1. The van der Waals surface area contributed by atoms with Crippen molar-refractivity contribution in [2.45, 2.75) is 36.3 Å². The number of amides is 2. The minimum Gasteiger partial charge on any atom is -0.336 e. The molecule has 1 unspecified atom stereocenters. The van der Waals surface area contributed by atoms with Crippen LogP contribution in [0.2, 0.25) is 0 Å². The van der Waals surface area contributed by atoms with Gasteiger partial charge in [0, 0.05) is 32.0 Å². The van der Waals surface area contributed by atoms with E-state index >= 15 is 0 Å². The van der Waals surface area contributed by atoms with Crippen LogP contribution in [0.1, 0.15) is 35.6 Å². The second-order valence-electron chi connectivity index (χ2n) is 6.87. The van der Waals surface area contributed by atoms with Crippen molar-refractivity contribution in [3.05, 3.63) is 59.9 Å². The summed E-state index contributed by atoms with van der Waals surface area (Å²) < 4.78 is 26.5. The van der Waals surface area contributed by atoms with E-state index in [1.807, 2.05) is 6.92 Å². The number of benzene rings is 1. The highest BCUT2D eigenvalue weighted by molar-refractivity contribution is 7.91. The van der Waals surface area contributed by atoms with Crippen molar-refractivity contribution < 1.29 is 13.2 Å². The molecular weight excluding hydrogens is 362 g/mol. The molecule has 1 N–H and O–H groups in total. The van der Waals surface area contributed by atoms with Crippen molar-refractivity contribution in [1.82, 2.24) is 15.2 Å². The highest BCUT2D eigenvalue weighted by Crippen LogP contribution is 2.28. The number of urea groups is 1. The van der Waals surface area contributed by atoms with Crippen molar-refractivity contribution in [2.24, 2.45) is 0 Å². The van der Waals surface area contributed by atoms with E-state index in [9.17, 15) is 13.2 Å². The van der Waals surface area contributed by atoms with E-state index in [1.165, 1.54) is 0 Å². The van der Waals surface area contributed by atoms with Crippen molar-refractivity contribution in [3.8, 4) is 0 Å². The minimum atomic E-state index is -3.67. The van der Waals surface area contributed by atoms with Crippen LogP contribution in [0.25, 0.3) is 0 Å². The van der Waals surface area contributed by atoms with Crippen LogP contribution >= 0.6 is 0 Å². The standard InChI is InChI=1S/C20H25N3O3S/c1-16-7-9-18(10-8-16)27(25,26)19(17-6-5-11-21-14-17)15-22-20(24)23-12-3-2-4-13-23/h5-11,14,19H,2-4,12-13,15H2,1H3,(H,22,24). The molecule has 1 saturated heterocycles. The van der Waals surface area contributed by atoms with Gasteiger partial charge in [-0.25, -0.2) is 13.2 Å². The Morgan fingerprint density at radius 3 is 2.48 bits per heavy atom. The molecule has 0 aliphatic carbocycles. The molecule has 0 spiro atoms. The average Bonchev–Trinajstić information content (AvgIpc) is 2.69. The lowest BCUT2D eigenvalue weighted by Crippen LogP contribution is -2.44. The number of nitrogens with zero attached hydrogens (tertiary/aromatic N) is 2. The summed E-state index contributed by atoms with van der Waals surface area (Å²) in [7, 11) is -3.67. The van der Waals surface area contributed by atoms with Crippen molar-refractivity contribution in [1.29, 1.82) is 0 Å². The number of hydrogen-bond donors (Lipinski definition) is 1. The molecule has 2 heterocycles. The largest absolute Gasteiger partial charge is 0.336 e. The maximum Gasteiger partial charge on any atom is 0.317 e. The molecule has 2 aromatic rings. The SMILES string of the molecule is Cc1ccc(S(=O)(=O)C(CNC(=O)N2CCCCC2)c2cccnc2)cc1. The highest BCUT2D eigenvalue weighted by atomic mass is 32.2. The van der Waals surface area contributed by atoms with E-state index in [2.05, 4.69) is 10.3 Å². The van der Waals surface area contributed by atoms with Gasteiger partial charge in [-0.15, -0.1) is 0 Å². The van der Waals surface area contributed by atoms with E-state index in [4.69, 9.17) is 0 Å². The first-order valence-corrected chi connectivity index (χ1v) is 10.8. The van der Waals surface area contributed by atoms with Gasteiger partial charge in [0.05, 0.1) is 4.90 Å². The predicted octanol–water partition coefficient (Wildman–Crippen LogP) is 3.10. The molecule has 3 rings (SSSR count). The van der Waals surface area contributed by atoms with Crippen LogP contribution in [-0.2, 0) is 9.84 Å². The van der Waals surface area contributed by atoms with Crippen LogP contribution in [0.3, 0.4) is 0 Å². The lowest BCUT2D eigenvalue weighted by Gasteiger charge is -2.28. The normalized spacial score (nSPS) is 16.0. The molecule has 2 amide bonds. The number of likely N-dealkylation sites (tertiary alicyclic amines) is 1. The Kier molecular flexibility index (Phi) is 6.11. The zero-order valence-electron chi connectivity index (χ0n) is 15.5.